The molecule has 1 aromatic rings. The molecule has 0 unspecified atom stereocenters. The number of nitrogen functional groups attached to an aromatic ring is 1. The summed E-state index contributed by atoms with van der Waals surface area (Å²) in [4.78, 5) is 13.6. The first-order chi connectivity index (χ1) is 8.97. The number of nitrogens with two attached hydrogens (primary N) is 1. The van der Waals surface area contributed by atoms with Crippen LogP contribution in [0.1, 0.15) is 25.8 Å². The molecule has 0 heterocycles. The zero-order valence-corrected chi connectivity index (χ0v) is 12.1. The summed E-state index contributed by atoms with van der Waals surface area (Å²) < 4.78 is 0. The van der Waals surface area contributed by atoms with Gasteiger partial charge in [0.25, 0.3) is 0 Å². The zero-order chi connectivity index (χ0) is 14.3. The summed E-state index contributed by atoms with van der Waals surface area (Å²) in [6.07, 6.45) is 2.05. The Morgan fingerprint density at radius 2 is 1.95 bits per heavy atom. The van der Waals surface area contributed by atoms with E-state index in [1.807, 2.05) is 33.0 Å². The minimum absolute atomic E-state index is 0.0879. The van der Waals surface area contributed by atoms with Crippen molar-refractivity contribution in [1.29, 1.82) is 0 Å². The standard InChI is InChI=1S/C15H25N3O/c1-12(2)17-15(19)11-18(3)10-4-5-13-6-8-14(16)9-7-13/h6-9,12H,4-5,10-11,16H2,1-3H3,(H,17,19). The highest BCUT2D eigenvalue weighted by Gasteiger charge is 2.07. The van der Waals surface area contributed by atoms with Crippen molar-refractivity contribution in [2.45, 2.75) is 32.7 Å². The number of hydrogen-bond donors (Lipinski definition) is 2. The van der Waals surface area contributed by atoms with Gasteiger partial charge in [-0.1, -0.05) is 12.1 Å². The normalized spacial score (nSPS) is 11.0. The molecule has 0 saturated carbocycles. The van der Waals surface area contributed by atoms with Crippen LogP contribution in [0.2, 0.25) is 0 Å². The first-order valence-electron chi connectivity index (χ1n) is 6.79. The van der Waals surface area contributed by atoms with Gasteiger partial charge in [-0.05, 0) is 58.0 Å². The predicted octanol–water partition coefficient (Wildman–Crippen LogP) is 1.66. The molecule has 1 rings (SSSR count). The van der Waals surface area contributed by atoms with Crippen LogP contribution in [-0.4, -0.2) is 37.0 Å². The van der Waals surface area contributed by atoms with Crippen molar-refractivity contribution < 1.29 is 4.79 Å². The SMILES string of the molecule is CC(C)NC(=O)CN(C)CCCc1ccc(N)cc1. The molecule has 1 aromatic carbocycles. The molecule has 4 nitrogen and oxygen atoms in total. The van der Waals surface area contributed by atoms with E-state index in [2.05, 4.69) is 22.3 Å². The Kier molecular flexibility index (Phi) is 6.36. The molecule has 0 spiro atoms. The maximum absolute atomic E-state index is 11.6. The third-order valence-corrected chi connectivity index (χ3v) is 2.85. The molecule has 0 aliphatic heterocycles. The van der Waals surface area contributed by atoms with Crippen molar-refractivity contribution in [2.75, 3.05) is 25.9 Å². The van der Waals surface area contributed by atoms with Gasteiger partial charge in [0.2, 0.25) is 5.91 Å². The van der Waals surface area contributed by atoms with Crippen molar-refractivity contribution in [3.63, 3.8) is 0 Å². The number of rotatable bonds is 7. The maximum Gasteiger partial charge on any atom is 0.234 e. The minimum atomic E-state index is 0.0879. The second kappa shape index (κ2) is 7.79. The quantitative estimate of drug-likeness (QED) is 0.736. The van der Waals surface area contributed by atoms with Crippen LogP contribution in [0.5, 0.6) is 0 Å². The lowest BCUT2D eigenvalue weighted by Gasteiger charge is -2.17. The van der Waals surface area contributed by atoms with Crippen molar-refractivity contribution in [2.24, 2.45) is 0 Å². The van der Waals surface area contributed by atoms with Crippen LogP contribution >= 0.6 is 0 Å². The summed E-state index contributed by atoms with van der Waals surface area (Å²) in [5, 5.41) is 2.89. The fourth-order valence-corrected chi connectivity index (χ4v) is 1.93. The van der Waals surface area contributed by atoms with Gasteiger partial charge < -0.3 is 11.1 Å². The Balaban J connectivity index is 2.21. The minimum Gasteiger partial charge on any atom is -0.399 e. The molecule has 19 heavy (non-hydrogen) atoms. The smallest absolute Gasteiger partial charge is 0.234 e. The lowest BCUT2D eigenvalue weighted by Crippen LogP contribution is -2.38. The van der Waals surface area contributed by atoms with Crippen LogP contribution in [0, 0.1) is 0 Å². The summed E-state index contributed by atoms with van der Waals surface area (Å²) in [5.41, 5.74) is 7.73. The zero-order valence-electron chi connectivity index (χ0n) is 12.1. The Labute approximate surface area is 116 Å². The Hall–Kier alpha value is -1.55. The van der Waals surface area contributed by atoms with Gasteiger partial charge in [0.15, 0.2) is 0 Å². The first kappa shape index (κ1) is 15.5. The molecule has 0 radical (unpaired) electrons. The van der Waals surface area contributed by atoms with Gasteiger partial charge in [0.05, 0.1) is 6.54 Å². The van der Waals surface area contributed by atoms with Crippen molar-refractivity contribution in [3.05, 3.63) is 29.8 Å². The van der Waals surface area contributed by atoms with Gasteiger partial charge in [-0.2, -0.15) is 0 Å². The van der Waals surface area contributed by atoms with Gasteiger partial charge in [-0.3, -0.25) is 9.69 Å². The Bertz CT molecular complexity index is 387. The number of likely N-dealkylation sites (N-methyl/N-ethyl adjacent to an activating group) is 1. The van der Waals surface area contributed by atoms with E-state index in [9.17, 15) is 4.79 Å². The van der Waals surface area contributed by atoms with E-state index in [1.54, 1.807) is 0 Å². The third-order valence-electron chi connectivity index (χ3n) is 2.85. The van der Waals surface area contributed by atoms with Gasteiger partial charge in [-0.15, -0.1) is 0 Å². The van der Waals surface area contributed by atoms with Crippen molar-refractivity contribution >= 4 is 11.6 Å². The van der Waals surface area contributed by atoms with Crippen LogP contribution in [0.25, 0.3) is 0 Å². The van der Waals surface area contributed by atoms with E-state index >= 15 is 0 Å². The van der Waals surface area contributed by atoms with E-state index in [0.29, 0.717) is 6.54 Å². The Morgan fingerprint density at radius 1 is 1.32 bits per heavy atom. The molecule has 1 amide bonds. The predicted molar refractivity (Wildman–Crippen MR) is 80.0 cm³/mol. The van der Waals surface area contributed by atoms with Gasteiger partial charge in [0, 0.05) is 11.7 Å². The van der Waals surface area contributed by atoms with Crippen LogP contribution in [0.3, 0.4) is 0 Å². The monoisotopic (exact) mass is 263 g/mol. The van der Waals surface area contributed by atoms with Crippen LogP contribution in [0.4, 0.5) is 5.69 Å². The van der Waals surface area contributed by atoms with Crippen molar-refractivity contribution in [3.8, 4) is 0 Å². The molecule has 4 heteroatoms. The highest BCUT2D eigenvalue weighted by molar-refractivity contribution is 5.78. The van der Waals surface area contributed by atoms with Crippen LogP contribution < -0.4 is 11.1 Å². The maximum atomic E-state index is 11.6. The third kappa shape index (κ3) is 6.82. The van der Waals surface area contributed by atoms with E-state index in [4.69, 9.17) is 5.73 Å². The average molecular weight is 263 g/mol. The fraction of sp³-hybridized carbons (Fsp3) is 0.533. The number of anilines is 1. The number of aryl methyl sites for hydroxylation is 1. The summed E-state index contributed by atoms with van der Waals surface area (Å²) in [7, 11) is 1.98. The van der Waals surface area contributed by atoms with E-state index in [0.717, 1.165) is 25.1 Å². The Morgan fingerprint density at radius 3 is 2.53 bits per heavy atom. The lowest BCUT2D eigenvalue weighted by atomic mass is 10.1. The van der Waals surface area contributed by atoms with Crippen LogP contribution in [0.15, 0.2) is 24.3 Å². The molecule has 0 aliphatic rings. The number of nitrogens with zero attached hydrogens (tertiary/aromatic N) is 1. The van der Waals surface area contributed by atoms with E-state index in [1.165, 1.54) is 5.56 Å². The van der Waals surface area contributed by atoms with Gasteiger partial charge in [-0.25, -0.2) is 0 Å². The number of carbonyl (C=O) groups excluding carboxylic acids is 1. The molecular formula is C15H25N3O. The average Bonchev–Trinajstić information content (AvgIpc) is 2.30. The summed E-state index contributed by atoms with van der Waals surface area (Å²) in [5.74, 6) is 0.0879. The molecule has 0 saturated heterocycles. The fourth-order valence-electron chi connectivity index (χ4n) is 1.93. The molecule has 106 valence electrons. The molecule has 0 aromatic heterocycles. The molecule has 3 N–H and O–H groups in total. The van der Waals surface area contributed by atoms with Crippen molar-refractivity contribution in [1.82, 2.24) is 10.2 Å². The molecule has 0 atom stereocenters. The second-order valence-corrected chi connectivity index (χ2v) is 5.31. The highest BCUT2D eigenvalue weighted by atomic mass is 16.2. The second-order valence-electron chi connectivity index (χ2n) is 5.31. The van der Waals surface area contributed by atoms with Crippen LogP contribution in [-0.2, 0) is 11.2 Å². The summed E-state index contributed by atoms with van der Waals surface area (Å²) in [6, 6.07) is 8.17. The molecule has 0 aliphatic carbocycles. The summed E-state index contributed by atoms with van der Waals surface area (Å²) in [6.45, 7) is 5.31. The molecule has 0 fully saturated rings. The van der Waals surface area contributed by atoms with Gasteiger partial charge in [0.1, 0.15) is 0 Å². The van der Waals surface area contributed by atoms with E-state index in [-0.39, 0.29) is 11.9 Å². The number of amides is 1. The number of carbonyl (C=O) groups is 1. The number of hydrogen-bond acceptors (Lipinski definition) is 3. The highest BCUT2D eigenvalue weighted by Crippen LogP contribution is 2.07. The van der Waals surface area contributed by atoms with E-state index < -0.39 is 0 Å². The number of nitrogens with one attached hydrogen (secondary N) is 1. The number of benzene rings is 1. The topological polar surface area (TPSA) is 58.4 Å². The largest absolute Gasteiger partial charge is 0.399 e. The first-order valence-corrected chi connectivity index (χ1v) is 6.79. The molecular weight excluding hydrogens is 238 g/mol. The lowest BCUT2D eigenvalue weighted by molar-refractivity contribution is -0.122. The summed E-state index contributed by atoms with van der Waals surface area (Å²) >= 11 is 0. The molecule has 0 bridgehead atoms. The van der Waals surface area contributed by atoms with Gasteiger partial charge >= 0.3 is 0 Å².